The lowest BCUT2D eigenvalue weighted by atomic mass is 10.1. The molecular weight excluding hydrogens is 352 g/mol. The lowest BCUT2D eigenvalue weighted by molar-refractivity contribution is -0.384. The number of amides is 2. The summed E-state index contributed by atoms with van der Waals surface area (Å²) in [5, 5.41) is 11.6. The standard InChI is InChI=1S/C18H16N4O5/c23-17-13-9-15(20-5-7-27-8-6-20)16(22(25)26)10-14(13)18(24)21(17)11-12-3-1-2-4-19-12/h1-4,9-10H,5-8,11H2. The zero-order chi connectivity index (χ0) is 19.0. The number of aromatic nitrogens is 1. The summed E-state index contributed by atoms with van der Waals surface area (Å²) in [6.45, 7) is 1.90. The maximum atomic E-state index is 12.8. The Kier molecular flexibility index (Phi) is 4.28. The van der Waals surface area contributed by atoms with Crippen molar-refractivity contribution in [1.82, 2.24) is 9.88 Å². The van der Waals surface area contributed by atoms with Crippen LogP contribution >= 0.6 is 0 Å². The van der Waals surface area contributed by atoms with Crippen molar-refractivity contribution in [2.45, 2.75) is 6.54 Å². The minimum Gasteiger partial charge on any atom is -0.378 e. The van der Waals surface area contributed by atoms with Crippen LogP contribution in [0, 0.1) is 10.1 Å². The Morgan fingerprint density at radius 1 is 1.11 bits per heavy atom. The zero-order valence-corrected chi connectivity index (χ0v) is 14.3. The van der Waals surface area contributed by atoms with E-state index in [9.17, 15) is 19.7 Å². The molecule has 2 aliphatic rings. The first-order chi connectivity index (χ1) is 13.1. The third-order valence-corrected chi connectivity index (χ3v) is 4.66. The number of hydrogen-bond donors (Lipinski definition) is 0. The topological polar surface area (TPSA) is 106 Å². The molecule has 0 bridgehead atoms. The lowest BCUT2D eigenvalue weighted by Gasteiger charge is -2.28. The van der Waals surface area contributed by atoms with Gasteiger partial charge in [0, 0.05) is 25.4 Å². The number of benzene rings is 1. The van der Waals surface area contributed by atoms with E-state index in [0.29, 0.717) is 37.7 Å². The van der Waals surface area contributed by atoms with Crippen LogP contribution in [0.3, 0.4) is 0 Å². The van der Waals surface area contributed by atoms with Gasteiger partial charge in [0.25, 0.3) is 17.5 Å². The van der Waals surface area contributed by atoms with Crippen LogP contribution in [0.4, 0.5) is 11.4 Å². The summed E-state index contributed by atoms with van der Waals surface area (Å²) in [7, 11) is 0. The Bertz CT molecular complexity index is 925. The van der Waals surface area contributed by atoms with Crippen molar-refractivity contribution >= 4 is 23.2 Å². The molecule has 1 aromatic carbocycles. The maximum absolute atomic E-state index is 12.8. The third-order valence-electron chi connectivity index (χ3n) is 4.66. The number of nitro groups is 1. The van der Waals surface area contributed by atoms with Crippen LogP contribution < -0.4 is 4.90 Å². The van der Waals surface area contributed by atoms with Crippen molar-refractivity contribution < 1.29 is 19.2 Å². The fourth-order valence-corrected chi connectivity index (χ4v) is 3.31. The van der Waals surface area contributed by atoms with Crippen molar-refractivity contribution in [3.05, 3.63) is 63.5 Å². The van der Waals surface area contributed by atoms with E-state index in [-0.39, 0.29) is 23.4 Å². The van der Waals surface area contributed by atoms with Crippen molar-refractivity contribution in [2.75, 3.05) is 31.2 Å². The molecule has 2 amide bonds. The van der Waals surface area contributed by atoms with Gasteiger partial charge in [-0.3, -0.25) is 29.6 Å². The molecule has 27 heavy (non-hydrogen) atoms. The van der Waals surface area contributed by atoms with Gasteiger partial charge in [0.15, 0.2) is 0 Å². The molecule has 2 aliphatic heterocycles. The molecule has 0 saturated carbocycles. The summed E-state index contributed by atoms with van der Waals surface area (Å²) >= 11 is 0. The highest BCUT2D eigenvalue weighted by Crippen LogP contribution is 2.36. The van der Waals surface area contributed by atoms with Crippen molar-refractivity contribution in [3.63, 3.8) is 0 Å². The molecule has 1 saturated heterocycles. The van der Waals surface area contributed by atoms with Crippen LogP contribution in [0.5, 0.6) is 0 Å². The number of ether oxygens (including phenoxy) is 1. The van der Waals surface area contributed by atoms with E-state index in [1.54, 1.807) is 29.3 Å². The second-order valence-electron chi connectivity index (χ2n) is 6.26. The zero-order valence-electron chi connectivity index (χ0n) is 14.3. The first-order valence-electron chi connectivity index (χ1n) is 8.47. The normalized spacial score (nSPS) is 16.6. The van der Waals surface area contributed by atoms with Gasteiger partial charge >= 0.3 is 0 Å². The molecule has 4 rings (SSSR count). The number of anilines is 1. The number of morpholine rings is 1. The monoisotopic (exact) mass is 368 g/mol. The molecular formula is C18H16N4O5. The van der Waals surface area contributed by atoms with Crippen molar-refractivity contribution in [1.29, 1.82) is 0 Å². The third kappa shape index (κ3) is 3.02. The van der Waals surface area contributed by atoms with Crippen LogP contribution in [0.2, 0.25) is 0 Å². The predicted octanol–water partition coefficient (Wildman–Crippen LogP) is 1.62. The van der Waals surface area contributed by atoms with Crippen molar-refractivity contribution in [2.24, 2.45) is 0 Å². The smallest absolute Gasteiger partial charge is 0.293 e. The van der Waals surface area contributed by atoms with E-state index in [4.69, 9.17) is 4.74 Å². The van der Waals surface area contributed by atoms with Gasteiger partial charge in [-0.25, -0.2) is 0 Å². The fourth-order valence-electron chi connectivity index (χ4n) is 3.31. The molecule has 0 N–H and O–H groups in total. The maximum Gasteiger partial charge on any atom is 0.293 e. The molecule has 1 aromatic heterocycles. The number of nitrogens with zero attached hydrogens (tertiary/aromatic N) is 4. The van der Waals surface area contributed by atoms with E-state index in [1.807, 2.05) is 0 Å². The molecule has 0 aliphatic carbocycles. The second kappa shape index (κ2) is 6.76. The Morgan fingerprint density at radius 3 is 2.44 bits per heavy atom. The number of carbonyl (C=O) groups is 2. The molecule has 0 atom stereocenters. The summed E-state index contributed by atoms with van der Waals surface area (Å²) in [6, 6.07) is 7.88. The van der Waals surface area contributed by atoms with Crippen LogP contribution in [-0.4, -0.2) is 52.9 Å². The highest BCUT2D eigenvalue weighted by Gasteiger charge is 2.39. The van der Waals surface area contributed by atoms with E-state index in [0.717, 1.165) is 4.90 Å². The Hall–Kier alpha value is -3.33. The summed E-state index contributed by atoms with van der Waals surface area (Å²) in [6.07, 6.45) is 1.58. The summed E-state index contributed by atoms with van der Waals surface area (Å²) in [5.74, 6) is -1.01. The molecule has 138 valence electrons. The lowest BCUT2D eigenvalue weighted by Crippen LogP contribution is -2.36. The van der Waals surface area contributed by atoms with Crippen molar-refractivity contribution in [3.8, 4) is 0 Å². The minimum absolute atomic E-state index is 0.0217. The average molecular weight is 368 g/mol. The summed E-state index contributed by atoms with van der Waals surface area (Å²) in [4.78, 5) is 43.5. The van der Waals surface area contributed by atoms with Crippen LogP contribution in [0.1, 0.15) is 26.4 Å². The predicted molar refractivity (Wildman–Crippen MR) is 94.6 cm³/mol. The molecule has 0 spiro atoms. The van der Waals surface area contributed by atoms with Gasteiger partial charge in [-0.2, -0.15) is 0 Å². The minimum atomic E-state index is -0.544. The number of carbonyl (C=O) groups excluding carboxylic acids is 2. The van der Waals surface area contributed by atoms with E-state index >= 15 is 0 Å². The van der Waals surface area contributed by atoms with Crippen LogP contribution in [0.25, 0.3) is 0 Å². The Balaban J connectivity index is 1.72. The van der Waals surface area contributed by atoms with E-state index in [2.05, 4.69) is 4.98 Å². The van der Waals surface area contributed by atoms with Crippen LogP contribution in [-0.2, 0) is 11.3 Å². The van der Waals surface area contributed by atoms with Gasteiger partial charge in [-0.15, -0.1) is 0 Å². The first kappa shape index (κ1) is 17.1. The van der Waals surface area contributed by atoms with Gasteiger partial charge in [0.05, 0.1) is 41.5 Å². The number of hydrogen-bond acceptors (Lipinski definition) is 7. The number of rotatable bonds is 4. The van der Waals surface area contributed by atoms with Crippen LogP contribution in [0.15, 0.2) is 36.5 Å². The molecule has 2 aromatic rings. The highest BCUT2D eigenvalue weighted by molar-refractivity contribution is 6.22. The molecule has 9 heteroatoms. The second-order valence-corrected chi connectivity index (χ2v) is 6.26. The summed E-state index contributed by atoms with van der Waals surface area (Å²) < 4.78 is 5.29. The van der Waals surface area contributed by atoms with E-state index in [1.165, 1.54) is 12.1 Å². The number of nitro benzene ring substituents is 1. The Morgan fingerprint density at radius 2 is 1.81 bits per heavy atom. The molecule has 3 heterocycles. The number of pyridine rings is 1. The highest BCUT2D eigenvalue weighted by atomic mass is 16.6. The quantitative estimate of drug-likeness (QED) is 0.459. The number of fused-ring (bicyclic) bond motifs is 1. The SMILES string of the molecule is O=C1c2cc(N3CCOCC3)c([N+](=O)[O-])cc2C(=O)N1Cc1ccccn1. The Labute approximate surface area is 154 Å². The van der Waals surface area contributed by atoms with Gasteiger partial charge < -0.3 is 9.64 Å². The molecule has 0 unspecified atom stereocenters. The first-order valence-corrected chi connectivity index (χ1v) is 8.47. The molecule has 1 fully saturated rings. The van der Waals surface area contributed by atoms with E-state index < -0.39 is 16.7 Å². The molecule has 9 nitrogen and oxygen atoms in total. The average Bonchev–Trinajstić information content (AvgIpc) is 2.93. The largest absolute Gasteiger partial charge is 0.378 e. The fraction of sp³-hybridized carbons (Fsp3) is 0.278. The summed E-state index contributed by atoms with van der Waals surface area (Å²) in [5.41, 5.74) is 0.956. The van der Waals surface area contributed by atoms with Gasteiger partial charge in [0.2, 0.25) is 0 Å². The molecule has 0 radical (unpaired) electrons. The number of imide groups is 1. The van der Waals surface area contributed by atoms with Gasteiger partial charge in [-0.1, -0.05) is 6.07 Å². The van der Waals surface area contributed by atoms with Gasteiger partial charge in [0.1, 0.15) is 5.69 Å². The van der Waals surface area contributed by atoms with Gasteiger partial charge in [-0.05, 0) is 18.2 Å².